The quantitative estimate of drug-likeness (QED) is 0.784. The van der Waals surface area contributed by atoms with Gasteiger partial charge in [0.05, 0.1) is 6.54 Å². The molecule has 0 aromatic heterocycles. The second-order valence-corrected chi connectivity index (χ2v) is 4.43. The Labute approximate surface area is 109 Å². The van der Waals surface area contributed by atoms with Gasteiger partial charge in [0.15, 0.2) is 0 Å². The lowest BCUT2D eigenvalue weighted by molar-refractivity contribution is -0.122. The van der Waals surface area contributed by atoms with Crippen LogP contribution in [0.5, 0.6) is 0 Å². The minimum absolute atomic E-state index is 0.0398. The van der Waals surface area contributed by atoms with Gasteiger partial charge in [0.1, 0.15) is 12.4 Å². The van der Waals surface area contributed by atoms with Gasteiger partial charge in [0.2, 0.25) is 5.91 Å². The number of hydrogen-bond donors (Lipinski definition) is 2. The van der Waals surface area contributed by atoms with Crippen LogP contribution in [-0.4, -0.2) is 25.2 Å². The summed E-state index contributed by atoms with van der Waals surface area (Å²) in [7, 11) is 0. The fourth-order valence-electron chi connectivity index (χ4n) is 2.06. The van der Waals surface area contributed by atoms with E-state index in [4.69, 9.17) is 5.73 Å². The molecular formula is C13H15FN2O3. The minimum atomic E-state index is -0.870. The molecule has 1 aliphatic rings. The van der Waals surface area contributed by atoms with Crippen molar-refractivity contribution in [3.05, 3.63) is 35.6 Å². The predicted molar refractivity (Wildman–Crippen MR) is 65.8 cm³/mol. The van der Waals surface area contributed by atoms with Crippen molar-refractivity contribution in [1.82, 2.24) is 5.32 Å². The number of halogens is 1. The zero-order valence-electron chi connectivity index (χ0n) is 10.3. The smallest absolute Gasteiger partial charge is 0.404 e. The first-order valence-electron chi connectivity index (χ1n) is 6.04. The van der Waals surface area contributed by atoms with E-state index in [0.29, 0.717) is 12.0 Å². The van der Waals surface area contributed by atoms with Gasteiger partial charge in [-0.1, -0.05) is 18.2 Å². The summed E-state index contributed by atoms with van der Waals surface area (Å²) >= 11 is 0. The number of hydrogen-bond acceptors (Lipinski definition) is 3. The molecular weight excluding hydrogens is 251 g/mol. The van der Waals surface area contributed by atoms with E-state index < -0.39 is 6.09 Å². The SMILES string of the molecule is NC(=O)OCCNC(=O)C1CC1c1ccccc1F. The predicted octanol–water partition coefficient (Wildman–Crippen LogP) is 1.14. The van der Waals surface area contributed by atoms with E-state index in [1.807, 2.05) is 0 Å². The van der Waals surface area contributed by atoms with Gasteiger partial charge in [-0.15, -0.1) is 0 Å². The summed E-state index contributed by atoms with van der Waals surface area (Å²) in [6.07, 6.45) is -0.228. The number of carbonyl (C=O) groups excluding carboxylic acids is 2. The summed E-state index contributed by atoms with van der Waals surface area (Å²) in [4.78, 5) is 22.1. The molecule has 1 aromatic carbocycles. The first kappa shape index (κ1) is 13.3. The van der Waals surface area contributed by atoms with E-state index in [1.54, 1.807) is 18.2 Å². The summed E-state index contributed by atoms with van der Waals surface area (Å²) in [6.45, 7) is 0.250. The van der Waals surface area contributed by atoms with Crippen LogP contribution in [0, 0.1) is 11.7 Å². The van der Waals surface area contributed by atoms with Crippen LogP contribution >= 0.6 is 0 Å². The van der Waals surface area contributed by atoms with Crippen molar-refractivity contribution >= 4 is 12.0 Å². The van der Waals surface area contributed by atoms with E-state index in [9.17, 15) is 14.0 Å². The summed E-state index contributed by atoms with van der Waals surface area (Å²) in [5.41, 5.74) is 5.36. The molecule has 5 nitrogen and oxygen atoms in total. The standard InChI is InChI=1S/C13H15FN2O3/c14-11-4-2-1-3-8(11)9-7-10(9)12(17)16-5-6-19-13(15)18/h1-4,9-10H,5-7H2,(H2,15,18)(H,16,17). The monoisotopic (exact) mass is 266 g/mol. The lowest BCUT2D eigenvalue weighted by atomic mass is 10.1. The van der Waals surface area contributed by atoms with Crippen LogP contribution in [0.4, 0.5) is 9.18 Å². The molecule has 2 amide bonds. The highest BCUT2D eigenvalue weighted by Crippen LogP contribution is 2.48. The number of benzene rings is 1. The van der Waals surface area contributed by atoms with E-state index in [2.05, 4.69) is 10.1 Å². The van der Waals surface area contributed by atoms with Gasteiger partial charge >= 0.3 is 6.09 Å². The number of amides is 2. The highest BCUT2D eigenvalue weighted by molar-refractivity contribution is 5.82. The first-order valence-corrected chi connectivity index (χ1v) is 6.04. The largest absolute Gasteiger partial charge is 0.448 e. The van der Waals surface area contributed by atoms with Crippen LogP contribution in [0.3, 0.4) is 0 Å². The minimum Gasteiger partial charge on any atom is -0.448 e. The molecule has 1 saturated carbocycles. The molecule has 1 aliphatic carbocycles. The highest BCUT2D eigenvalue weighted by Gasteiger charge is 2.44. The third-order valence-corrected chi connectivity index (χ3v) is 3.08. The van der Waals surface area contributed by atoms with E-state index in [0.717, 1.165) is 0 Å². The molecule has 1 aromatic rings. The molecule has 3 N–H and O–H groups in total. The number of ether oxygens (including phenoxy) is 1. The molecule has 2 rings (SSSR count). The maximum absolute atomic E-state index is 13.5. The van der Waals surface area contributed by atoms with Crippen LogP contribution in [-0.2, 0) is 9.53 Å². The Hall–Kier alpha value is -2.11. The zero-order chi connectivity index (χ0) is 13.8. The van der Waals surface area contributed by atoms with Gasteiger partial charge in [-0.05, 0) is 24.0 Å². The summed E-state index contributed by atoms with van der Waals surface area (Å²) in [5.74, 6) is -0.690. The van der Waals surface area contributed by atoms with Crippen molar-refractivity contribution in [3.8, 4) is 0 Å². The summed E-state index contributed by atoms with van der Waals surface area (Å²) < 4.78 is 18.0. The molecule has 0 radical (unpaired) electrons. The number of nitrogens with one attached hydrogen (secondary N) is 1. The molecule has 2 unspecified atom stereocenters. The Morgan fingerprint density at radius 3 is 2.84 bits per heavy atom. The van der Waals surface area contributed by atoms with Gasteiger partial charge in [0.25, 0.3) is 0 Å². The zero-order valence-corrected chi connectivity index (χ0v) is 10.3. The van der Waals surface area contributed by atoms with Gasteiger partial charge in [-0.3, -0.25) is 4.79 Å². The van der Waals surface area contributed by atoms with E-state index in [-0.39, 0.29) is 36.7 Å². The van der Waals surface area contributed by atoms with Crippen molar-refractivity contribution in [3.63, 3.8) is 0 Å². The lowest BCUT2D eigenvalue weighted by Gasteiger charge is -2.05. The molecule has 0 saturated heterocycles. The highest BCUT2D eigenvalue weighted by atomic mass is 19.1. The Morgan fingerprint density at radius 2 is 2.16 bits per heavy atom. The topological polar surface area (TPSA) is 81.4 Å². The van der Waals surface area contributed by atoms with Crippen LogP contribution in [0.15, 0.2) is 24.3 Å². The summed E-state index contributed by atoms with van der Waals surface area (Å²) in [5, 5.41) is 2.63. The van der Waals surface area contributed by atoms with Crippen molar-refractivity contribution in [2.45, 2.75) is 12.3 Å². The van der Waals surface area contributed by atoms with Gasteiger partial charge in [-0.25, -0.2) is 9.18 Å². The molecule has 102 valence electrons. The molecule has 2 atom stereocenters. The van der Waals surface area contributed by atoms with Gasteiger partial charge in [-0.2, -0.15) is 0 Å². The number of rotatable bonds is 5. The first-order chi connectivity index (χ1) is 9.09. The van der Waals surface area contributed by atoms with Crippen molar-refractivity contribution < 1.29 is 18.7 Å². The molecule has 6 heteroatoms. The second-order valence-electron chi connectivity index (χ2n) is 4.43. The average Bonchev–Trinajstić information content (AvgIpc) is 3.15. The molecule has 0 aliphatic heterocycles. The molecule has 1 fully saturated rings. The number of carbonyl (C=O) groups is 2. The van der Waals surface area contributed by atoms with Gasteiger partial charge < -0.3 is 15.8 Å². The van der Waals surface area contributed by atoms with Crippen LogP contribution in [0.1, 0.15) is 17.9 Å². The lowest BCUT2D eigenvalue weighted by Crippen LogP contribution is -2.30. The fraction of sp³-hybridized carbons (Fsp3) is 0.385. The number of nitrogens with two attached hydrogens (primary N) is 1. The normalized spacial score (nSPS) is 20.7. The van der Waals surface area contributed by atoms with Crippen LogP contribution in [0.2, 0.25) is 0 Å². The molecule has 0 spiro atoms. The van der Waals surface area contributed by atoms with Crippen molar-refractivity contribution in [2.75, 3.05) is 13.2 Å². The van der Waals surface area contributed by atoms with Crippen molar-refractivity contribution in [1.29, 1.82) is 0 Å². The van der Waals surface area contributed by atoms with E-state index in [1.165, 1.54) is 6.07 Å². The Morgan fingerprint density at radius 1 is 1.42 bits per heavy atom. The fourth-order valence-corrected chi connectivity index (χ4v) is 2.06. The van der Waals surface area contributed by atoms with Crippen molar-refractivity contribution in [2.24, 2.45) is 11.7 Å². The molecule has 0 bridgehead atoms. The molecule has 0 heterocycles. The Kier molecular flexibility index (Phi) is 3.99. The Balaban J connectivity index is 1.78. The second kappa shape index (κ2) is 5.69. The van der Waals surface area contributed by atoms with E-state index >= 15 is 0 Å². The van der Waals surface area contributed by atoms with Gasteiger partial charge in [0, 0.05) is 5.92 Å². The third kappa shape index (κ3) is 3.43. The maximum atomic E-state index is 13.5. The molecule has 19 heavy (non-hydrogen) atoms. The Bertz CT molecular complexity index is 493. The number of primary amides is 1. The van der Waals surface area contributed by atoms with Crippen LogP contribution < -0.4 is 11.1 Å². The van der Waals surface area contributed by atoms with Crippen LogP contribution in [0.25, 0.3) is 0 Å². The summed E-state index contributed by atoms with van der Waals surface area (Å²) in [6, 6.07) is 6.47. The maximum Gasteiger partial charge on any atom is 0.404 e. The average molecular weight is 266 g/mol. The third-order valence-electron chi connectivity index (χ3n) is 3.08.